The van der Waals surface area contributed by atoms with Gasteiger partial charge in [-0.15, -0.1) is 0 Å². The van der Waals surface area contributed by atoms with E-state index in [1.807, 2.05) is 26.8 Å². The topological polar surface area (TPSA) is 46.2 Å². The summed E-state index contributed by atoms with van der Waals surface area (Å²) in [5.74, 6) is -0.316. The third-order valence-electron chi connectivity index (χ3n) is 2.32. The van der Waals surface area contributed by atoms with Gasteiger partial charge >= 0.3 is 0 Å². The van der Waals surface area contributed by atoms with E-state index in [2.05, 4.69) is 5.32 Å². The van der Waals surface area contributed by atoms with Gasteiger partial charge in [-0.05, 0) is 20.8 Å². The van der Waals surface area contributed by atoms with Crippen LogP contribution in [0.4, 0.5) is 0 Å². The molecule has 1 rings (SSSR count). The number of ketones is 2. The zero-order chi connectivity index (χ0) is 13.5. The van der Waals surface area contributed by atoms with Gasteiger partial charge in [0.05, 0.1) is 6.42 Å². The van der Waals surface area contributed by atoms with E-state index in [0.29, 0.717) is 5.56 Å². The summed E-state index contributed by atoms with van der Waals surface area (Å²) in [6.45, 7) is 5.82. The number of benzene rings is 1. The third kappa shape index (κ3) is 4.95. The van der Waals surface area contributed by atoms with E-state index in [1.165, 1.54) is 6.08 Å². The minimum atomic E-state index is -0.172. The van der Waals surface area contributed by atoms with Crippen molar-refractivity contribution in [3.63, 3.8) is 0 Å². The molecular weight excluding hydrogens is 226 g/mol. The molecule has 1 N–H and O–H groups in total. The summed E-state index contributed by atoms with van der Waals surface area (Å²) >= 11 is 0. The van der Waals surface area contributed by atoms with Crippen LogP contribution in [0.15, 0.2) is 42.1 Å². The van der Waals surface area contributed by atoms with Gasteiger partial charge in [0.1, 0.15) is 0 Å². The molecule has 0 aliphatic heterocycles. The van der Waals surface area contributed by atoms with Gasteiger partial charge in [-0.3, -0.25) is 9.59 Å². The highest BCUT2D eigenvalue weighted by Crippen LogP contribution is 2.04. The molecule has 18 heavy (non-hydrogen) atoms. The fraction of sp³-hybridized carbons (Fsp3) is 0.333. The van der Waals surface area contributed by atoms with Crippen molar-refractivity contribution in [1.29, 1.82) is 0 Å². The monoisotopic (exact) mass is 245 g/mol. The van der Waals surface area contributed by atoms with Crippen LogP contribution in [0.1, 0.15) is 37.6 Å². The molecule has 0 saturated carbocycles. The Labute approximate surface area is 108 Å². The molecule has 0 heterocycles. The first-order chi connectivity index (χ1) is 8.49. The summed E-state index contributed by atoms with van der Waals surface area (Å²) in [6.07, 6.45) is 1.40. The van der Waals surface area contributed by atoms with Gasteiger partial charge < -0.3 is 5.32 Å². The number of hydrogen-bond acceptors (Lipinski definition) is 3. The van der Waals surface area contributed by atoms with Crippen LogP contribution >= 0.6 is 0 Å². The van der Waals surface area contributed by atoms with Crippen LogP contribution in [-0.2, 0) is 4.79 Å². The van der Waals surface area contributed by atoms with Gasteiger partial charge in [0.25, 0.3) is 0 Å². The normalized spacial score (nSPS) is 11.4. The summed E-state index contributed by atoms with van der Waals surface area (Å²) < 4.78 is 0. The molecule has 0 saturated heterocycles. The third-order valence-corrected chi connectivity index (χ3v) is 2.32. The summed E-state index contributed by atoms with van der Waals surface area (Å²) in [6, 6.07) is 9.14. The Bertz CT molecular complexity index is 447. The van der Waals surface area contributed by atoms with Crippen molar-refractivity contribution in [2.24, 2.45) is 0 Å². The molecule has 0 amide bonds. The van der Waals surface area contributed by atoms with Crippen molar-refractivity contribution in [2.45, 2.75) is 33.2 Å². The highest BCUT2D eigenvalue weighted by molar-refractivity contribution is 6.11. The van der Waals surface area contributed by atoms with E-state index in [1.54, 1.807) is 24.3 Å². The highest BCUT2D eigenvalue weighted by Gasteiger charge is 2.09. The van der Waals surface area contributed by atoms with Crippen LogP contribution in [0.5, 0.6) is 0 Å². The fourth-order valence-corrected chi connectivity index (χ4v) is 1.67. The Hall–Kier alpha value is -1.90. The van der Waals surface area contributed by atoms with Crippen LogP contribution in [0.25, 0.3) is 0 Å². The Kier molecular flexibility index (Phi) is 5.31. The lowest BCUT2D eigenvalue weighted by atomic mass is 10.1. The van der Waals surface area contributed by atoms with E-state index >= 15 is 0 Å². The second-order valence-electron chi connectivity index (χ2n) is 4.56. The molecular formula is C15H19NO2. The Balaban J connectivity index is 2.58. The average molecular weight is 245 g/mol. The van der Waals surface area contributed by atoms with Crippen LogP contribution in [0.3, 0.4) is 0 Å². The van der Waals surface area contributed by atoms with E-state index in [-0.39, 0.29) is 24.0 Å². The molecule has 0 aromatic heterocycles. The van der Waals surface area contributed by atoms with Gasteiger partial charge in [-0.25, -0.2) is 0 Å². The molecule has 0 unspecified atom stereocenters. The summed E-state index contributed by atoms with van der Waals surface area (Å²) in [5.41, 5.74) is 1.37. The first kappa shape index (κ1) is 14.2. The lowest BCUT2D eigenvalue weighted by molar-refractivity contribution is -0.113. The second-order valence-corrected chi connectivity index (χ2v) is 4.56. The lowest BCUT2D eigenvalue weighted by Crippen LogP contribution is -2.21. The average Bonchev–Trinajstić information content (AvgIpc) is 2.28. The van der Waals surface area contributed by atoms with Crippen LogP contribution in [0.2, 0.25) is 0 Å². The zero-order valence-electron chi connectivity index (χ0n) is 11.1. The molecule has 1 aromatic carbocycles. The number of nitrogens with one attached hydrogen (secondary N) is 1. The number of carbonyl (C=O) groups excluding carboxylic acids is 2. The Morgan fingerprint density at radius 1 is 1.22 bits per heavy atom. The minimum Gasteiger partial charge on any atom is -0.386 e. The molecule has 96 valence electrons. The van der Waals surface area contributed by atoms with E-state index in [4.69, 9.17) is 0 Å². The predicted octanol–water partition coefficient (Wildman–Crippen LogP) is 2.73. The second kappa shape index (κ2) is 6.74. The van der Waals surface area contributed by atoms with Gasteiger partial charge in [-0.1, -0.05) is 30.3 Å². The van der Waals surface area contributed by atoms with E-state index in [9.17, 15) is 9.59 Å². The Morgan fingerprint density at radius 3 is 2.39 bits per heavy atom. The standard InChI is InChI=1S/C15H19NO2/c1-11(2)16-12(3)9-14(17)10-15(18)13-7-5-4-6-8-13/h4-9,11,16H,10H2,1-3H3/b12-9-. The van der Waals surface area contributed by atoms with Gasteiger partial charge in [-0.2, -0.15) is 0 Å². The molecule has 0 atom stereocenters. The zero-order valence-corrected chi connectivity index (χ0v) is 11.1. The molecule has 0 spiro atoms. The maximum Gasteiger partial charge on any atom is 0.170 e. The fourth-order valence-electron chi connectivity index (χ4n) is 1.67. The SMILES string of the molecule is C/C(=C/C(=O)CC(=O)c1ccccc1)NC(C)C. The van der Waals surface area contributed by atoms with Crippen LogP contribution < -0.4 is 5.32 Å². The van der Waals surface area contributed by atoms with Crippen molar-refractivity contribution in [3.8, 4) is 0 Å². The first-order valence-electron chi connectivity index (χ1n) is 6.05. The number of hydrogen-bond donors (Lipinski definition) is 1. The summed E-state index contributed by atoms with van der Waals surface area (Å²) in [5, 5.41) is 3.12. The molecule has 0 fully saturated rings. The predicted molar refractivity (Wildman–Crippen MR) is 72.4 cm³/mol. The molecule has 0 aliphatic rings. The number of carbonyl (C=O) groups is 2. The molecule has 3 nitrogen and oxygen atoms in total. The summed E-state index contributed by atoms with van der Waals surface area (Å²) in [7, 11) is 0. The number of rotatable bonds is 6. The van der Waals surface area contributed by atoms with Crippen LogP contribution in [-0.4, -0.2) is 17.6 Å². The molecule has 0 radical (unpaired) electrons. The number of Topliss-reactive ketones (excluding diaryl/α,β-unsaturated/α-hetero) is 1. The van der Waals surface area contributed by atoms with Gasteiger partial charge in [0.15, 0.2) is 11.6 Å². The maximum atomic E-state index is 11.8. The largest absolute Gasteiger partial charge is 0.386 e. The van der Waals surface area contributed by atoms with Crippen molar-refractivity contribution < 1.29 is 9.59 Å². The van der Waals surface area contributed by atoms with E-state index in [0.717, 1.165) is 5.70 Å². The quantitative estimate of drug-likeness (QED) is 0.476. The molecule has 3 heteroatoms. The highest BCUT2D eigenvalue weighted by atomic mass is 16.1. The van der Waals surface area contributed by atoms with Crippen molar-refractivity contribution >= 4 is 11.6 Å². The summed E-state index contributed by atoms with van der Waals surface area (Å²) in [4.78, 5) is 23.5. The van der Waals surface area contributed by atoms with Crippen molar-refractivity contribution in [2.75, 3.05) is 0 Å². The van der Waals surface area contributed by atoms with Crippen LogP contribution in [0, 0.1) is 0 Å². The molecule has 0 bridgehead atoms. The maximum absolute atomic E-state index is 11.8. The Morgan fingerprint density at radius 2 is 1.83 bits per heavy atom. The van der Waals surface area contributed by atoms with Gasteiger partial charge in [0, 0.05) is 23.4 Å². The first-order valence-corrected chi connectivity index (χ1v) is 6.05. The molecule has 1 aromatic rings. The molecule has 0 aliphatic carbocycles. The van der Waals surface area contributed by atoms with Crippen molar-refractivity contribution in [3.05, 3.63) is 47.7 Å². The lowest BCUT2D eigenvalue weighted by Gasteiger charge is -2.09. The smallest absolute Gasteiger partial charge is 0.170 e. The van der Waals surface area contributed by atoms with E-state index < -0.39 is 0 Å². The number of allylic oxidation sites excluding steroid dienone is 2. The van der Waals surface area contributed by atoms with Crippen molar-refractivity contribution in [1.82, 2.24) is 5.32 Å². The van der Waals surface area contributed by atoms with Gasteiger partial charge in [0.2, 0.25) is 0 Å². The minimum absolute atomic E-state index is 0.0822.